The Bertz CT molecular complexity index is 1030. The predicted molar refractivity (Wildman–Crippen MR) is 118 cm³/mol. The van der Waals surface area contributed by atoms with Gasteiger partial charge in [0.15, 0.2) is 11.8 Å². The highest BCUT2D eigenvalue weighted by Crippen LogP contribution is 2.23. The third-order valence-electron chi connectivity index (χ3n) is 4.23. The van der Waals surface area contributed by atoms with Crippen molar-refractivity contribution in [1.29, 1.82) is 0 Å². The van der Waals surface area contributed by atoms with Gasteiger partial charge in [0.05, 0.1) is 5.56 Å². The van der Waals surface area contributed by atoms with Gasteiger partial charge in [0, 0.05) is 22.8 Å². The molecule has 2 aromatic carbocycles. The largest absolute Gasteiger partial charge is 0.452 e. The Hall–Kier alpha value is -3.19. The van der Waals surface area contributed by atoms with Crippen molar-refractivity contribution in [2.45, 2.75) is 31.7 Å². The molecule has 1 heterocycles. The van der Waals surface area contributed by atoms with Crippen molar-refractivity contribution < 1.29 is 14.3 Å². The lowest BCUT2D eigenvalue weighted by Gasteiger charge is -2.10. The van der Waals surface area contributed by atoms with Crippen LogP contribution in [0.1, 0.15) is 32.9 Å². The fourth-order valence-corrected chi connectivity index (χ4v) is 3.74. The second-order valence-corrected chi connectivity index (χ2v) is 7.81. The van der Waals surface area contributed by atoms with Gasteiger partial charge >= 0.3 is 5.97 Å². The average molecular weight is 422 g/mol. The highest BCUT2D eigenvalue weighted by molar-refractivity contribution is 7.98. The molecule has 1 N–H and O–H groups in total. The molecule has 1 amide bonds. The van der Waals surface area contributed by atoms with Crippen LogP contribution in [0.5, 0.6) is 0 Å². The average Bonchev–Trinajstić information content (AvgIpc) is 2.72. The molecule has 0 aliphatic heterocycles. The Morgan fingerprint density at radius 3 is 2.33 bits per heavy atom. The number of nitrogens with one attached hydrogen (secondary N) is 1. The van der Waals surface area contributed by atoms with Gasteiger partial charge in [-0.05, 0) is 50.6 Å². The molecule has 0 bridgehead atoms. The van der Waals surface area contributed by atoms with Crippen LogP contribution in [0, 0.1) is 20.8 Å². The number of aryl methyl sites for hydroxylation is 3. The first-order valence-corrected chi connectivity index (χ1v) is 10.5. The molecule has 0 atom stereocenters. The van der Waals surface area contributed by atoms with E-state index in [1.165, 1.54) is 11.8 Å². The number of aromatic nitrogens is 2. The second-order valence-electron chi connectivity index (χ2n) is 6.87. The number of nitrogens with zero attached hydrogens (tertiary/aromatic N) is 2. The van der Waals surface area contributed by atoms with Gasteiger partial charge in [-0.25, -0.2) is 14.8 Å². The maximum Gasteiger partial charge on any atom is 0.338 e. The number of carbonyl (C=O) groups excluding carboxylic acids is 2. The van der Waals surface area contributed by atoms with Crippen LogP contribution >= 0.6 is 11.8 Å². The lowest BCUT2D eigenvalue weighted by atomic mass is 10.1. The van der Waals surface area contributed by atoms with Crippen LogP contribution in [0.4, 0.5) is 5.69 Å². The monoisotopic (exact) mass is 421 g/mol. The standard InChI is InChI=1S/C23H23N3O3S/c1-15-8-10-19(11-9-15)26-21(27)13-29-22(28)20-7-5-4-6-18(20)14-30-23-24-16(2)12-17(3)25-23/h4-12H,13-14H2,1-3H3,(H,26,27). The maximum atomic E-state index is 12.5. The van der Waals surface area contributed by atoms with E-state index in [0.29, 0.717) is 22.2 Å². The van der Waals surface area contributed by atoms with E-state index < -0.39 is 5.97 Å². The summed E-state index contributed by atoms with van der Waals surface area (Å²) in [4.78, 5) is 33.4. The summed E-state index contributed by atoms with van der Waals surface area (Å²) in [5, 5.41) is 3.37. The molecule has 0 unspecified atom stereocenters. The zero-order valence-corrected chi connectivity index (χ0v) is 18.0. The number of hydrogen-bond acceptors (Lipinski definition) is 6. The summed E-state index contributed by atoms with van der Waals surface area (Å²) in [6.45, 7) is 5.46. The van der Waals surface area contributed by atoms with Crippen LogP contribution in [0.15, 0.2) is 59.8 Å². The quantitative estimate of drug-likeness (QED) is 0.344. The van der Waals surface area contributed by atoms with Gasteiger partial charge in [0.2, 0.25) is 0 Å². The van der Waals surface area contributed by atoms with Crippen LogP contribution in [-0.2, 0) is 15.3 Å². The van der Waals surface area contributed by atoms with Crippen LogP contribution in [-0.4, -0.2) is 28.5 Å². The lowest BCUT2D eigenvalue weighted by Crippen LogP contribution is -2.21. The highest BCUT2D eigenvalue weighted by Gasteiger charge is 2.15. The minimum atomic E-state index is -0.536. The molecule has 0 saturated carbocycles. The number of rotatable bonds is 7. The summed E-state index contributed by atoms with van der Waals surface area (Å²) < 4.78 is 5.23. The van der Waals surface area contributed by atoms with Crippen molar-refractivity contribution >= 4 is 29.3 Å². The number of ether oxygens (including phenoxy) is 1. The summed E-state index contributed by atoms with van der Waals surface area (Å²) in [6.07, 6.45) is 0. The Labute approximate surface area is 180 Å². The number of hydrogen-bond donors (Lipinski definition) is 1. The Kier molecular flexibility index (Phi) is 7.19. The van der Waals surface area contributed by atoms with Crippen molar-refractivity contribution in [2.75, 3.05) is 11.9 Å². The fourth-order valence-electron chi connectivity index (χ4n) is 2.79. The van der Waals surface area contributed by atoms with E-state index in [4.69, 9.17) is 4.74 Å². The lowest BCUT2D eigenvalue weighted by molar-refractivity contribution is -0.119. The van der Waals surface area contributed by atoms with Crippen molar-refractivity contribution in [3.05, 3.63) is 82.7 Å². The first-order chi connectivity index (χ1) is 14.4. The molecule has 0 spiro atoms. The number of carbonyl (C=O) groups is 2. The van der Waals surface area contributed by atoms with Crippen LogP contribution in [0.2, 0.25) is 0 Å². The Balaban J connectivity index is 1.59. The normalized spacial score (nSPS) is 10.5. The number of benzene rings is 2. The molecule has 0 aliphatic carbocycles. The van der Waals surface area contributed by atoms with Crippen LogP contribution in [0.25, 0.3) is 0 Å². The van der Waals surface area contributed by atoms with Crippen molar-refractivity contribution in [1.82, 2.24) is 9.97 Å². The molecular formula is C23H23N3O3S. The first kappa shape index (κ1) is 21.5. The SMILES string of the molecule is Cc1ccc(NC(=O)COC(=O)c2ccccc2CSc2nc(C)cc(C)n2)cc1. The summed E-state index contributed by atoms with van der Waals surface area (Å²) >= 11 is 1.45. The minimum Gasteiger partial charge on any atom is -0.452 e. The molecule has 30 heavy (non-hydrogen) atoms. The van der Waals surface area contributed by atoms with Gasteiger partial charge in [-0.2, -0.15) is 0 Å². The van der Waals surface area contributed by atoms with Gasteiger partial charge < -0.3 is 10.1 Å². The molecule has 3 aromatic rings. The second kappa shape index (κ2) is 10.0. The maximum absolute atomic E-state index is 12.5. The van der Waals surface area contributed by atoms with Gasteiger partial charge in [-0.15, -0.1) is 0 Å². The Morgan fingerprint density at radius 2 is 1.63 bits per heavy atom. The topological polar surface area (TPSA) is 81.2 Å². The molecule has 1 aromatic heterocycles. The zero-order chi connectivity index (χ0) is 21.5. The summed E-state index contributed by atoms with van der Waals surface area (Å²) in [5.74, 6) is -0.404. The molecule has 3 rings (SSSR count). The fraction of sp³-hybridized carbons (Fsp3) is 0.217. The first-order valence-electron chi connectivity index (χ1n) is 9.47. The summed E-state index contributed by atoms with van der Waals surface area (Å²) in [6, 6.07) is 16.5. The zero-order valence-electron chi connectivity index (χ0n) is 17.1. The third kappa shape index (κ3) is 6.15. The van der Waals surface area contributed by atoms with Gasteiger partial charge in [-0.1, -0.05) is 47.7 Å². The number of anilines is 1. The molecule has 6 nitrogen and oxygen atoms in total. The molecule has 154 valence electrons. The third-order valence-corrected chi connectivity index (χ3v) is 5.12. The highest BCUT2D eigenvalue weighted by atomic mass is 32.2. The molecule has 0 fully saturated rings. The summed E-state index contributed by atoms with van der Waals surface area (Å²) in [7, 11) is 0. The van der Waals surface area contributed by atoms with Gasteiger partial charge in [0.25, 0.3) is 5.91 Å². The number of thioether (sulfide) groups is 1. The molecule has 0 saturated heterocycles. The smallest absolute Gasteiger partial charge is 0.338 e. The van der Waals surface area contributed by atoms with Gasteiger partial charge in [0.1, 0.15) is 0 Å². The number of esters is 1. The van der Waals surface area contributed by atoms with E-state index in [1.807, 2.05) is 51.1 Å². The minimum absolute atomic E-state index is 0.353. The van der Waals surface area contributed by atoms with Crippen molar-refractivity contribution in [3.63, 3.8) is 0 Å². The summed E-state index contributed by atoms with van der Waals surface area (Å²) in [5.41, 5.74) is 4.79. The van der Waals surface area contributed by atoms with Crippen LogP contribution < -0.4 is 5.32 Å². The van der Waals surface area contributed by atoms with Crippen LogP contribution in [0.3, 0.4) is 0 Å². The molecule has 0 radical (unpaired) electrons. The van der Waals surface area contributed by atoms with E-state index in [9.17, 15) is 9.59 Å². The number of amides is 1. The predicted octanol–water partition coefficient (Wildman–Crippen LogP) is 4.49. The van der Waals surface area contributed by atoms with E-state index in [0.717, 1.165) is 22.5 Å². The van der Waals surface area contributed by atoms with E-state index >= 15 is 0 Å². The van der Waals surface area contributed by atoms with E-state index in [2.05, 4.69) is 15.3 Å². The Morgan fingerprint density at radius 1 is 0.967 bits per heavy atom. The molecular weight excluding hydrogens is 398 g/mol. The van der Waals surface area contributed by atoms with Crippen molar-refractivity contribution in [2.24, 2.45) is 0 Å². The van der Waals surface area contributed by atoms with Crippen molar-refractivity contribution in [3.8, 4) is 0 Å². The van der Waals surface area contributed by atoms with E-state index in [-0.39, 0.29) is 12.5 Å². The molecule has 0 aliphatic rings. The molecule has 7 heteroatoms. The van der Waals surface area contributed by atoms with E-state index in [1.54, 1.807) is 24.3 Å². The van der Waals surface area contributed by atoms with Gasteiger partial charge in [-0.3, -0.25) is 4.79 Å².